The van der Waals surface area contributed by atoms with Crippen molar-refractivity contribution >= 4 is 31.6 Å². The molecular formula is C14H11BrN2O2S. The van der Waals surface area contributed by atoms with Gasteiger partial charge >= 0.3 is 0 Å². The maximum Gasteiger partial charge on any atom is 0.264 e. The Hall–Kier alpha value is -1.84. The largest absolute Gasteiger partial charge is 0.269 e. The normalized spacial score (nSPS) is 10.8. The van der Waals surface area contributed by atoms with Crippen LogP contribution in [0.1, 0.15) is 5.56 Å². The molecule has 0 spiro atoms. The fourth-order valence-corrected chi connectivity index (χ4v) is 3.13. The zero-order valence-electron chi connectivity index (χ0n) is 10.6. The third kappa shape index (κ3) is 2.84. The molecule has 0 atom stereocenters. The van der Waals surface area contributed by atoms with Crippen LogP contribution in [0.4, 0.5) is 5.69 Å². The van der Waals surface area contributed by atoms with Crippen molar-refractivity contribution in [2.24, 2.45) is 0 Å². The highest BCUT2D eigenvalue weighted by atomic mass is 79.9. The van der Waals surface area contributed by atoms with E-state index in [-0.39, 0.29) is 4.90 Å². The first kappa shape index (κ1) is 14.6. The Kier molecular flexibility index (Phi) is 4.12. The van der Waals surface area contributed by atoms with E-state index in [1.807, 2.05) is 6.07 Å². The molecule has 0 saturated carbocycles. The van der Waals surface area contributed by atoms with E-state index in [1.54, 1.807) is 30.3 Å². The van der Waals surface area contributed by atoms with Gasteiger partial charge < -0.3 is 0 Å². The van der Waals surface area contributed by atoms with Crippen LogP contribution in [0.25, 0.3) is 0 Å². The van der Waals surface area contributed by atoms with E-state index in [2.05, 4.69) is 15.9 Å². The second-order valence-electron chi connectivity index (χ2n) is 4.09. The van der Waals surface area contributed by atoms with Crippen LogP contribution in [0.3, 0.4) is 0 Å². The first-order valence-electron chi connectivity index (χ1n) is 5.70. The fourth-order valence-electron chi connectivity index (χ4n) is 1.67. The SMILES string of the molecule is CN(c1cccc(C#N)c1)S(=O)(=O)c1ccc(Br)cc1. The minimum atomic E-state index is -3.63. The zero-order chi connectivity index (χ0) is 14.8. The van der Waals surface area contributed by atoms with E-state index < -0.39 is 10.0 Å². The van der Waals surface area contributed by atoms with Gasteiger partial charge in [-0.05, 0) is 42.5 Å². The summed E-state index contributed by atoms with van der Waals surface area (Å²) in [5, 5.41) is 8.87. The molecule has 0 heterocycles. The quantitative estimate of drug-likeness (QED) is 0.854. The molecule has 0 aromatic heterocycles. The maximum absolute atomic E-state index is 12.5. The van der Waals surface area contributed by atoms with Gasteiger partial charge in [0.25, 0.3) is 10.0 Å². The molecule has 2 aromatic rings. The molecule has 0 fully saturated rings. The molecule has 0 aliphatic rings. The average Bonchev–Trinajstić information content (AvgIpc) is 2.47. The van der Waals surface area contributed by atoms with Gasteiger partial charge in [-0.1, -0.05) is 22.0 Å². The molecule has 4 nitrogen and oxygen atoms in total. The number of benzene rings is 2. The number of sulfonamides is 1. The lowest BCUT2D eigenvalue weighted by Gasteiger charge is -2.19. The minimum Gasteiger partial charge on any atom is -0.269 e. The summed E-state index contributed by atoms with van der Waals surface area (Å²) in [6.07, 6.45) is 0. The summed E-state index contributed by atoms with van der Waals surface area (Å²) >= 11 is 3.27. The molecule has 2 rings (SSSR count). The molecule has 102 valence electrons. The third-order valence-electron chi connectivity index (χ3n) is 2.81. The summed E-state index contributed by atoms with van der Waals surface area (Å²) in [5.41, 5.74) is 0.868. The highest BCUT2D eigenvalue weighted by molar-refractivity contribution is 9.10. The molecule has 0 aliphatic heterocycles. The molecule has 0 bridgehead atoms. The first-order chi connectivity index (χ1) is 9.45. The Bertz CT molecular complexity index is 765. The standard InChI is InChI=1S/C14H11BrN2O2S/c1-17(13-4-2-3-11(9-13)10-16)20(18,19)14-7-5-12(15)6-8-14/h2-9H,1H3. The van der Waals surface area contributed by atoms with E-state index in [4.69, 9.17) is 5.26 Å². The predicted octanol–water partition coefficient (Wildman–Crippen LogP) is 3.15. The fraction of sp³-hybridized carbons (Fsp3) is 0.0714. The van der Waals surface area contributed by atoms with Crippen LogP contribution < -0.4 is 4.31 Å². The highest BCUT2D eigenvalue weighted by Crippen LogP contribution is 2.23. The number of anilines is 1. The Labute approximate surface area is 126 Å². The smallest absolute Gasteiger partial charge is 0.264 e. The summed E-state index contributed by atoms with van der Waals surface area (Å²) in [4.78, 5) is 0.200. The van der Waals surface area contributed by atoms with Gasteiger partial charge in [-0.2, -0.15) is 5.26 Å². The molecule has 0 amide bonds. The number of rotatable bonds is 3. The molecule has 6 heteroatoms. The molecule has 0 saturated heterocycles. The predicted molar refractivity (Wildman–Crippen MR) is 80.9 cm³/mol. The van der Waals surface area contributed by atoms with E-state index >= 15 is 0 Å². The molecular weight excluding hydrogens is 340 g/mol. The van der Waals surface area contributed by atoms with Crippen molar-refractivity contribution in [2.45, 2.75) is 4.90 Å². The van der Waals surface area contributed by atoms with Crippen molar-refractivity contribution in [3.05, 3.63) is 58.6 Å². The van der Waals surface area contributed by atoms with Crippen molar-refractivity contribution in [1.29, 1.82) is 5.26 Å². The van der Waals surface area contributed by atoms with Gasteiger partial charge in [0.05, 0.1) is 22.2 Å². The average molecular weight is 351 g/mol. The van der Waals surface area contributed by atoms with Crippen molar-refractivity contribution in [3.8, 4) is 6.07 Å². The highest BCUT2D eigenvalue weighted by Gasteiger charge is 2.21. The van der Waals surface area contributed by atoms with Gasteiger partial charge in [0.1, 0.15) is 0 Å². The minimum absolute atomic E-state index is 0.200. The van der Waals surface area contributed by atoms with E-state index in [9.17, 15) is 8.42 Å². The summed E-state index contributed by atoms with van der Waals surface area (Å²) < 4.78 is 26.9. The van der Waals surface area contributed by atoms with Crippen LogP contribution in [0.15, 0.2) is 57.9 Å². The first-order valence-corrected chi connectivity index (χ1v) is 7.93. The number of nitriles is 1. The topological polar surface area (TPSA) is 61.2 Å². The van der Waals surface area contributed by atoms with Gasteiger partial charge in [0.2, 0.25) is 0 Å². The Morgan fingerprint density at radius 3 is 2.40 bits per heavy atom. The van der Waals surface area contributed by atoms with Crippen LogP contribution in [0.5, 0.6) is 0 Å². The summed E-state index contributed by atoms with van der Waals surface area (Å²) in [6, 6.07) is 14.9. The number of halogens is 1. The maximum atomic E-state index is 12.5. The summed E-state index contributed by atoms with van der Waals surface area (Å²) in [7, 11) is -2.16. The van der Waals surface area contributed by atoms with E-state index in [0.717, 1.165) is 8.78 Å². The van der Waals surface area contributed by atoms with E-state index in [0.29, 0.717) is 11.3 Å². The third-order valence-corrected chi connectivity index (χ3v) is 5.14. The molecule has 0 unspecified atom stereocenters. The lowest BCUT2D eigenvalue weighted by atomic mass is 10.2. The molecule has 0 N–H and O–H groups in total. The Morgan fingerprint density at radius 1 is 1.15 bits per heavy atom. The Morgan fingerprint density at radius 2 is 1.80 bits per heavy atom. The van der Waals surface area contributed by atoms with Crippen LogP contribution in [0.2, 0.25) is 0 Å². The molecule has 20 heavy (non-hydrogen) atoms. The van der Waals surface area contributed by atoms with Gasteiger partial charge in [-0.3, -0.25) is 4.31 Å². The number of nitrogens with zero attached hydrogens (tertiary/aromatic N) is 2. The van der Waals surface area contributed by atoms with E-state index in [1.165, 1.54) is 25.2 Å². The lowest BCUT2D eigenvalue weighted by Crippen LogP contribution is -2.26. The molecule has 0 radical (unpaired) electrons. The van der Waals surface area contributed by atoms with Gasteiger partial charge in [0, 0.05) is 11.5 Å². The number of hydrogen-bond donors (Lipinski definition) is 0. The summed E-state index contributed by atoms with van der Waals surface area (Å²) in [5.74, 6) is 0. The van der Waals surface area contributed by atoms with Crippen LogP contribution in [-0.2, 0) is 10.0 Å². The Balaban J connectivity index is 2.43. The van der Waals surface area contributed by atoms with Gasteiger partial charge in [0.15, 0.2) is 0 Å². The zero-order valence-corrected chi connectivity index (χ0v) is 13.0. The van der Waals surface area contributed by atoms with Crippen molar-refractivity contribution in [1.82, 2.24) is 0 Å². The number of hydrogen-bond acceptors (Lipinski definition) is 3. The van der Waals surface area contributed by atoms with Crippen LogP contribution in [0, 0.1) is 11.3 Å². The van der Waals surface area contributed by atoms with Gasteiger partial charge in [-0.25, -0.2) is 8.42 Å². The van der Waals surface area contributed by atoms with Crippen LogP contribution in [-0.4, -0.2) is 15.5 Å². The molecule has 2 aromatic carbocycles. The van der Waals surface area contributed by atoms with Crippen molar-refractivity contribution < 1.29 is 8.42 Å². The van der Waals surface area contributed by atoms with Crippen molar-refractivity contribution in [2.75, 3.05) is 11.4 Å². The second-order valence-corrected chi connectivity index (χ2v) is 6.97. The monoisotopic (exact) mass is 350 g/mol. The van der Waals surface area contributed by atoms with Crippen LogP contribution >= 0.6 is 15.9 Å². The summed E-state index contributed by atoms with van der Waals surface area (Å²) in [6.45, 7) is 0. The molecule has 0 aliphatic carbocycles. The van der Waals surface area contributed by atoms with Crippen molar-refractivity contribution in [3.63, 3.8) is 0 Å². The lowest BCUT2D eigenvalue weighted by molar-refractivity contribution is 0.594. The van der Waals surface area contributed by atoms with Gasteiger partial charge in [-0.15, -0.1) is 0 Å². The second kappa shape index (κ2) is 5.65.